The Labute approximate surface area is 148 Å². The molecule has 2 amide bonds. The molecule has 0 aliphatic rings. The lowest BCUT2D eigenvalue weighted by molar-refractivity contribution is -0.120. The van der Waals surface area contributed by atoms with E-state index < -0.39 is 5.91 Å². The highest BCUT2D eigenvalue weighted by Gasteiger charge is 2.07. The van der Waals surface area contributed by atoms with E-state index in [-0.39, 0.29) is 12.5 Å². The average molecular weight is 390 g/mol. The average Bonchev–Trinajstić information content (AvgIpc) is 2.61. The molecule has 2 aromatic rings. The minimum Gasteiger partial charge on any atom is -0.497 e. The fourth-order valence-electron chi connectivity index (χ4n) is 1.80. The molecular weight excluding hydrogens is 374 g/mol. The summed E-state index contributed by atoms with van der Waals surface area (Å²) in [4.78, 5) is 23.6. The van der Waals surface area contributed by atoms with Gasteiger partial charge in [0.05, 0.1) is 19.9 Å². The summed E-state index contributed by atoms with van der Waals surface area (Å²) in [6.45, 7) is -0.168. The van der Waals surface area contributed by atoms with Crippen molar-refractivity contribution in [3.05, 3.63) is 64.1 Å². The van der Waals surface area contributed by atoms with Crippen LogP contribution in [0.15, 0.2) is 58.1 Å². The molecule has 0 atom stereocenters. The van der Waals surface area contributed by atoms with Crippen molar-refractivity contribution in [2.75, 3.05) is 13.7 Å². The standard InChI is InChI=1S/C17H16BrN3O3/c1-24-14-8-6-12(7-9-14)17(23)19-11-16(22)21-20-10-13-4-2-3-5-15(13)18/h2-10H,11H2,1H3,(H,19,23)(H,21,22)/b20-10-. The van der Waals surface area contributed by atoms with E-state index in [1.54, 1.807) is 31.4 Å². The molecule has 2 N–H and O–H groups in total. The van der Waals surface area contributed by atoms with E-state index >= 15 is 0 Å². The van der Waals surface area contributed by atoms with E-state index in [0.717, 1.165) is 10.0 Å². The van der Waals surface area contributed by atoms with Gasteiger partial charge in [-0.1, -0.05) is 34.1 Å². The molecule has 0 aliphatic heterocycles. The fraction of sp³-hybridized carbons (Fsp3) is 0.118. The van der Waals surface area contributed by atoms with E-state index in [1.165, 1.54) is 6.21 Å². The van der Waals surface area contributed by atoms with Crippen LogP contribution in [0.5, 0.6) is 5.75 Å². The zero-order chi connectivity index (χ0) is 17.4. The summed E-state index contributed by atoms with van der Waals surface area (Å²) in [5, 5.41) is 6.37. The first-order valence-corrected chi connectivity index (χ1v) is 7.88. The molecule has 0 saturated carbocycles. The highest BCUT2D eigenvalue weighted by atomic mass is 79.9. The number of methoxy groups -OCH3 is 1. The Hall–Kier alpha value is -2.67. The third-order valence-corrected chi connectivity index (χ3v) is 3.78. The van der Waals surface area contributed by atoms with Gasteiger partial charge in [-0.15, -0.1) is 0 Å². The minimum atomic E-state index is -0.417. The molecule has 24 heavy (non-hydrogen) atoms. The topological polar surface area (TPSA) is 79.8 Å². The number of hydrogen-bond donors (Lipinski definition) is 2. The van der Waals surface area contributed by atoms with Crippen molar-refractivity contribution in [3.63, 3.8) is 0 Å². The summed E-state index contributed by atoms with van der Waals surface area (Å²) in [6, 6.07) is 14.1. The summed E-state index contributed by atoms with van der Waals surface area (Å²) >= 11 is 3.38. The quantitative estimate of drug-likeness (QED) is 0.587. The number of halogens is 1. The molecule has 6 nitrogen and oxygen atoms in total. The van der Waals surface area contributed by atoms with Gasteiger partial charge in [0.2, 0.25) is 0 Å². The van der Waals surface area contributed by atoms with Gasteiger partial charge in [-0.3, -0.25) is 9.59 Å². The van der Waals surface area contributed by atoms with Crippen LogP contribution in [-0.4, -0.2) is 31.7 Å². The van der Waals surface area contributed by atoms with E-state index in [1.807, 2.05) is 24.3 Å². The Bertz CT molecular complexity index is 745. The molecule has 124 valence electrons. The zero-order valence-corrected chi connectivity index (χ0v) is 14.5. The largest absolute Gasteiger partial charge is 0.497 e. The molecule has 0 saturated heterocycles. The van der Waals surface area contributed by atoms with Gasteiger partial charge in [0.1, 0.15) is 5.75 Å². The number of nitrogens with one attached hydrogen (secondary N) is 2. The van der Waals surface area contributed by atoms with Crippen LogP contribution < -0.4 is 15.5 Å². The van der Waals surface area contributed by atoms with E-state index in [4.69, 9.17) is 4.74 Å². The van der Waals surface area contributed by atoms with Gasteiger partial charge in [-0.05, 0) is 30.3 Å². The molecule has 2 aromatic carbocycles. The lowest BCUT2D eigenvalue weighted by atomic mass is 10.2. The van der Waals surface area contributed by atoms with Crippen molar-refractivity contribution >= 4 is 34.0 Å². The second-order valence-corrected chi connectivity index (χ2v) is 5.58. The summed E-state index contributed by atoms with van der Waals surface area (Å²) in [6.07, 6.45) is 1.52. The number of carbonyl (C=O) groups is 2. The van der Waals surface area contributed by atoms with Gasteiger partial charge in [-0.2, -0.15) is 5.10 Å². The number of hydrazone groups is 1. The third kappa shape index (κ3) is 5.20. The van der Waals surface area contributed by atoms with Gasteiger partial charge in [0.25, 0.3) is 11.8 Å². The third-order valence-electron chi connectivity index (χ3n) is 3.06. The lowest BCUT2D eigenvalue weighted by Crippen LogP contribution is -2.34. The maximum Gasteiger partial charge on any atom is 0.259 e. The van der Waals surface area contributed by atoms with E-state index in [9.17, 15) is 9.59 Å². The molecule has 0 bridgehead atoms. The Kier molecular flexibility index (Phi) is 6.51. The van der Waals surface area contributed by atoms with Crippen LogP contribution in [0, 0.1) is 0 Å². The first-order chi connectivity index (χ1) is 11.6. The predicted octanol–water partition coefficient (Wildman–Crippen LogP) is 2.34. The number of carbonyl (C=O) groups excluding carboxylic acids is 2. The predicted molar refractivity (Wildman–Crippen MR) is 95.2 cm³/mol. The van der Waals surface area contributed by atoms with Gasteiger partial charge in [0, 0.05) is 15.6 Å². The second kappa shape index (κ2) is 8.83. The number of rotatable bonds is 6. The Morgan fingerprint density at radius 2 is 1.88 bits per heavy atom. The van der Waals surface area contributed by atoms with E-state index in [2.05, 4.69) is 31.8 Å². The minimum absolute atomic E-state index is 0.168. The Morgan fingerprint density at radius 3 is 2.54 bits per heavy atom. The summed E-state index contributed by atoms with van der Waals surface area (Å²) in [5.41, 5.74) is 3.64. The van der Waals surface area contributed by atoms with E-state index in [0.29, 0.717) is 11.3 Å². The van der Waals surface area contributed by atoms with Gasteiger partial charge < -0.3 is 10.1 Å². The highest BCUT2D eigenvalue weighted by molar-refractivity contribution is 9.10. The molecule has 2 rings (SSSR count). The van der Waals surface area contributed by atoms with Crippen molar-refractivity contribution in [1.82, 2.24) is 10.7 Å². The van der Waals surface area contributed by atoms with Gasteiger partial charge in [0.15, 0.2) is 0 Å². The van der Waals surface area contributed by atoms with Gasteiger partial charge in [-0.25, -0.2) is 5.43 Å². The SMILES string of the molecule is COc1ccc(C(=O)NCC(=O)N/N=C\c2ccccc2Br)cc1. The highest BCUT2D eigenvalue weighted by Crippen LogP contribution is 2.13. The van der Waals surface area contributed by atoms with Crippen molar-refractivity contribution < 1.29 is 14.3 Å². The first kappa shape index (κ1) is 17.7. The molecule has 7 heteroatoms. The number of nitrogens with zero attached hydrogens (tertiary/aromatic N) is 1. The van der Waals surface area contributed by atoms with Crippen molar-refractivity contribution in [2.45, 2.75) is 0 Å². The van der Waals surface area contributed by atoms with Crippen LogP contribution in [0.3, 0.4) is 0 Å². The number of benzene rings is 2. The number of ether oxygens (including phenoxy) is 1. The molecular formula is C17H16BrN3O3. The molecule has 0 fully saturated rings. The monoisotopic (exact) mass is 389 g/mol. The second-order valence-electron chi connectivity index (χ2n) is 4.73. The van der Waals surface area contributed by atoms with Gasteiger partial charge >= 0.3 is 0 Å². The number of hydrogen-bond acceptors (Lipinski definition) is 4. The van der Waals surface area contributed by atoms with Crippen LogP contribution >= 0.6 is 15.9 Å². The summed E-state index contributed by atoms with van der Waals surface area (Å²) in [7, 11) is 1.55. The number of amides is 2. The molecule has 0 unspecified atom stereocenters. The van der Waals surface area contributed by atoms with Crippen molar-refractivity contribution in [3.8, 4) is 5.75 Å². The summed E-state index contributed by atoms with van der Waals surface area (Å²) < 4.78 is 5.89. The molecule has 0 spiro atoms. The van der Waals surface area contributed by atoms with Crippen LogP contribution in [0.2, 0.25) is 0 Å². The molecule has 0 heterocycles. The Morgan fingerprint density at radius 1 is 1.17 bits per heavy atom. The maximum atomic E-state index is 11.9. The lowest BCUT2D eigenvalue weighted by Gasteiger charge is -2.05. The molecule has 0 aromatic heterocycles. The maximum absolute atomic E-state index is 11.9. The first-order valence-electron chi connectivity index (χ1n) is 7.09. The van der Waals surface area contributed by atoms with Crippen LogP contribution in [-0.2, 0) is 4.79 Å². The van der Waals surface area contributed by atoms with Crippen molar-refractivity contribution in [2.24, 2.45) is 5.10 Å². The Balaban J connectivity index is 1.80. The summed E-state index contributed by atoms with van der Waals surface area (Å²) in [5.74, 6) is -0.103. The smallest absolute Gasteiger partial charge is 0.259 e. The van der Waals surface area contributed by atoms with Crippen molar-refractivity contribution in [1.29, 1.82) is 0 Å². The molecule has 0 radical (unpaired) electrons. The normalized spacial score (nSPS) is 10.4. The van der Waals surface area contributed by atoms with Crippen LogP contribution in [0.4, 0.5) is 0 Å². The van der Waals surface area contributed by atoms with Crippen LogP contribution in [0.25, 0.3) is 0 Å². The molecule has 0 aliphatic carbocycles. The fourth-order valence-corrected chi connectivity index (χ4v) is 2.19. The zero-order valence-electron chi connectivity index (χ0n) is 13.0. The van der Waals surface area contributed by atoms with Crippen LogP contribution in [0.1, 0.15) is 15.9 Å².